The summed E-state index contributed by atoms with van der Waals surface area (Å²) < 4.78 is 5.70. The summed E-state index contributed by atoms with van der Waals surface area (Å²) in [6, 6.07) is 6.32. The highest BCUT2D eigenvalue weighted by Gasteiger charge is 2.20. The van der Waals surface area contributed by atoms with Crippen molar-refractivity contribution in [2.75, 3.05) is 6.61 Å². The molecule has 0 saturated heterocycles. The van der Waals surface area contributed by atoms with Gasteiger partial charge in [0.05, 0.1) is 12.7 Å². The topological polar surface area (TPSA) is 29.5 Å². The number of fused-ring (bicyclic) bond motifs is 1. The zero-order valence-corrected chi connectivity index (χ0v) is 9.28. The summed E-state index contributed by atoms with van der Waals surface area (Å²) in [7, 11) is 0. The molecule has 1 heterocycles. The smallest absolute Gasteiger partial charge is 0.130 e. The van der Waals surface area contributed by atoms with Crippen molar-refractivity contribution in [3.63, 3.8) is 0 Å². The molecule has 2 nitrogen and oxygen atoms in total. The molecule has 0 amide bonds. The summed E-state index contributed by atoms with van der Waals surface area (Å²) in [6.45, 7) is 0.794. The van der Waals surface area contributed by atoms with Crippen LogP contribution in [0.1, 0.15) is 30.4 Å². The summed E-state index contributed by atoms with van der Waals surface area (Å²) in [4.78, 5) is 0. The first-order valence-corrected chi connectivity index (χ1v) is 5.98. The van der Waals surface area contributed by atoms with Crippen molar-refractivity contribution in [3.8, 4) is 5.75 Å². The maximum Gasteiger partial charge on any atom is 0.130 e. The third-order valence-corrected chi connectivity index (χ3v) is 3.40. The third kappa shape index (κ3) is 1.63. The first-order valence-electron chi connectivity index (χ1n) is 5.98. The Labute approximate surface area is 95.6 Å². The Kier molecular flexibility index (Phi) is 2.44. The molecule has 16 heavy (non-hydrogen) atoms. The lowest BCUT2D eigenvalue weighted by Crippen LogP contribution is -2.08. The zero-order chi connectivity index (χ0) is 11.0. The van der Waals surface area contributed by atoms with E-state index in [1.54, 1.807) is 0 Å². The Morgan fingerprint density at radius 2 is 2.19 bits per heavy atom. The first kappa shape index (κ1) is 9.91. The number of ether oxygens (including phenoxy) is 1. The first-order chi connectivity index (χ1) is 7.84. The van der Waals surface area contributed by atoms with Gasteiger partial charge in [-0.15, -0.1) is 0 Å². The van der Waals surface area contributed by atoms with Crippen molar-refractivity contribution in [1.82, 2.24) is 0 Å². The lowest BCUT2D eigenvalue weighted by Gasteiger charge is -2.18. The van der Waals surface area contributed by atoms with Crippen LogP contribution in [0, 0.1) is 0 Å². The van der Waals surface area contributed by atoms with Gasteiger partial charge in [-0.2, -0.15) is 0 Å². The van der Waals surface area contributed by atoms with Crippen molar-refractivity contribution in [2.45, 2.75) is 31.8 Å². The van der Waals surface area contributed by atoms with Crippen LogP contribution >= 0.6 is 0 Å². The van der Waals surface area contributed by atoms with Crippen molar-refractivity contribution in [1.29, 1.82) is 0 Å². The molecule has 0 spiro atoms. The Balaban J connectivity index is 2.03. The SMILES string of the molecule is OC1C=C(c2cccc3c2OCC3)CCC1. The van der Waals surface area contributed by atoms with Crippen molar-refractivity contribution in [3.05, 3.63) is 35.4 Å². The molecule has 2 aliphatic rings. The number of benzene rings is 1. The number of aliphatic hydroxyl groups excluding tert-OH is 1. The number of para-hydroxylation sites is 1. The highest BCUT2D eigenvalue weighted by atomic mass is 16.5. The summed E-state index contributed by atoms with van der Waals surface area (Å²) >= 11 is 0. The van der Waals surface area contributed by atoms with E-state index in [1.165, 1.54) is 16.7 Å². The fraction of sp³-hybridized carbons (Fsp3) is 0.429. The standard InChI is InChI=1S/C14H16O2/c15-12-5-1-4-11(9-12)13-6-2-3-10-7-8-16-14(10)13/h2-3,6,9,12,15H,1,4-5,7-8H2. The lowest BCUT2D eigenvalue weighted by molar-refractivity contribution is 0.206. The fourth-order valence-electron chi connectivity index (χ4n) is 2.59. The average Bonchev–Trinajstić information content (AvgIpc) is 2.76. The van der Waals surface area contributed by atoms with E-state index in [0.717, 1.165) is 38.0 Å². The van der Waals surface area contributed by atoms with Crippen LogP contribution in [-0.2, 0) is 6.42 Å². The molecule has 1 aromatic carbocycles. The molecule has 0 fully saturated rings. The number of allylic oxidation sites excluding steroid dienone is 1. The van der Waals surface area contributed by atoms with Crippen molar-refractivity contribution in [2.24, 2.45) is 0 Å². The molecular formula is C14H16O2. The van der Waals surface area contributed by atoms with E-state index in [1.807, 2.05) is 6.08 Å². The molecule has 1 aliphatic carbocycles. The van der Waals surface area contributed by atoms with E-state index in [4.69, 9.17) is 4.74 Å². The van der Waals surface area contributed by atoms with Crippen LogP contribution in [0.15, 0.2) is 24.3 Å². The van der Waals surface area contributed by atoms with E-state index >= 15 is 0 Å². The minimum absolute atomic E-state index is 0.277. The van der Waals surface area contributed by atoms with E-state index in [0.29, 0.717) is 0 Å². The molecule has 1 atom stereocenters. The van der Waals surface area contributed by atoms with Gasteiger partial charge in [0.1, 0.15) is 5.75 Å². The van der Waals surface area contributed by atoms with E-state index in [-0.39, 0.29) is 6.10 Å². The van der Waals surface area contributed by atoms with Crippen LogP contribution < -0.4 is 4.74 Å². The molecule has 1 aliphatic heterocycles. The molecule has 0 radical (unpaired) electrons. The molecule has 84 valence electrons. The van der Waals surface area contributed by atoms with E-state index in [9.17, 15) is 5.11 Å². The second kappa shape index (κ2) is 3.95. The van der Waals surface area contributed by atoms with Crippen LogP contribution in [0.3, 0.4) is 0 Å². The van der Waals surface area contributed by atoms with E-state index < -0.39 is 0 Å². The van der Waals surface area contributed by atoms with Crippen LogP contribution in [0.5, 0.6) is 5.75 Å². The van der Waals surface area contributed by atoms with E-state index in [2.05, 4.69) is 18.2 Å². The number of aliphatic hydroxyl groups is 1. The van der Waals surface area contributed by atoms with Gasteiger partial charge in [-0.3, -0.25) is 0 Å². The maximum absolute atomic E-state index is 9.67. The highest BCUT2D eigenvalue weighted by molar-refractivity contribution is 5.73. The quantitative estimate of drug-likeness (QED) is 0.781. The van der Waals surface area contributed by atoms with Crippen LogP contribution in [0.25, 0.3) is 5.57 Å². The normalized spacial score (nSPS) is 23.6. The van der Waals surface area contributed by atoms with Crippen molar-refractivity contribution >= 4 is 5.57 Å². The molecular weight excluding hydrogens is 200 g/mol. The Morgan fingerprint density at radius 3 is 3.06 bits per heavy atom. The van der Waals surface area contributed by atoms with Crippen LogP contribution in [-0.4, -0.2) is 17.8 Å². The predicted octanol–water partition coefficient (Wildman–Crippen LogP) is 2.55. The second-order valence-corrected chi connectivity index (χ2v) is 4.54. The van der Waals surface area contributed by atoms with Crippen LogP contribution in [0.2, 0.25) is 0 Å². The van der Waals surface area contributed by atoms with Gasteiger partial charge in [0, 0.05) is 12.0 Å². The number of hydrogen-bond donors (Lipinski definition) is 1. The predicted molar refractivity (Wildman–Crippen MR) is 63.5 cm³/mol. The van der Waals surface area contributed by atoms with Crippen molar-refractivity contribution < 1.29 is 9.84 Å². The molecule has 0 aromatic heterocycles. The Hall–Kier alpha value is -1.28. The molecule has 0 bridgehead atoms. The largest absolute Gasteiger partial charge is 0.492 e. The molecule has 3 rings (SSSR count). The Morgan fingerprint density at radius 1 is 1.25 bits per heavy atom. The summed E-state index contributed by atoms with van der Waals surface area (Å²) in [5.74, 6) is 1.04. The second-order valence-electron chi connectivity index (χ2n) is 4.54. The molecule has 2 heteroatoms. The molecule has 1 unspecified atom stereocenters. The Bertz CT molecular complexity index is 434. The zero-order valence-electron chi connectivity index (χ0n) is 9.28. The number of rotatable bonds is 1. The third-order valence-electron chi connectivity index (χ3n) is 3.40. The van der Waals surface area contributed by atoms with Gasteiger partial charge < -0.3 is 9.84 Å². The minimum atomic E-state index is -0.277. The van der Waals surface area contributed by atoms with Gasteiger partial charge in [0.15, 0.2) is 0 Å². The van der Waals surface area contributed by atoms with Gasteiger partial charge in [-0.05, 0) is 30.4 Å². The van der Waals surface area contributed by atoms with Crippen LogP contribution in [0.4, 0.5) is 0 Å². The molecule has 1 N–H and O–H groups in total. The molecule has 1 aromatic rings. The fourth-order valence-corrected chi connectivity index (χ4v) is 2.59. The van der Waals surface area contributed by atoms with Gasteiger partial charge >= 0.3 is 0 Å². The maximum atomic E-state index is 9.67. The summed E-state index contributed by atoms with van der Waals surface area (Å²) in [5.41, 5.74) is 3.74. The monoisotopic (exact) mass is 216 g/mol. The van der Waals surface area contributed by atoms with Gasteiger partial charge in [0.2, 0.25) is 0 Å². The van der Waals surface area contributed by atoms with Gasteiger partial charge in [-0.25, -0.2) is 0 Å². The van der Waals surface area contributed by atoms with Gasteiger partial charge in [0.25, 0.3) is 0 Å². The average molecular weight is 216 g/mol. The minimum Gasteiger partial charge on any atom is -0.492 e. The highest BCUT2D eigenvalue weighted by Crippen LogP contribution is 2.37. The molecule has 0 saturated carbocycles. The summed E-state index contributed by atoms with van der Waals surface area (Å²) in [6.07, 6.45) is 5.73. The van der Waals surface area contributed by atoms with Gasteiger partial charge in [-0.1, -0.05) is 24.3 Å². The number of hydrogen-bond acceptors (Lipinski definition) is 2. The summed E-state index contributed by atoms with van der Waals surface area (Å²) in [5, 5.41) is 9.67. The lowest BCUT2D eigenvalue weighted by atomic mass is 9.91.